The van der Waals surface area contributed by atoms with Crippen LogP contribution in [0.4, 0.5) is 13.2 Å². The van der Waals surface area contributed by atoms with Gasteiger partial charge in [-0.15, -0.1) is 0 Å². The minimum absolute atomic E-state index is 0.0935. The van der Waals surface area contributed by atoms with Gasteiger partial charge in [0.05, 0.1) is 7.11 Å². The molecule has 0 saturated carbocycles. The van der Waals surface area contributed by atoms with Gasteiger partial charge in [0.25, 0.3) is 5.91 Å². The number of halogens is 3. The van der Waals surface area contributed by atoms with Crippen molar-refractivity contribution in [2.24, 2.45) is 0 Å². The van der Waals surface area contributed by atoms with Crippen LogP contribution in [0.2, 0.25) is 0 Å². The molecule has 8 heteroatoms. The molecule has 1 amide bonds. The third kappa shape index (κ3) is 3.87. The average Bonchev–Trinajstić information content (AvgIpc) is 2.44. The molecule has 2 rings (SSSR count). The molecule has 1 atom stereocenters. The zero-order chi connectivity index (χ0) is 17.2. The summed E-state index contributed by atoms with van der Waals surface area (Å²) in [6.45, 7) is 3.83. The number of ether oxygens (including phenoxy) is 1. The van der Waals surface area contributed by atoms with Crippen molar-refractivity contribution in [2.75, 3.05) is 13.7 Å². The third-order valence-corrected chi connectivity index (χ3v) is 4.26. The number of hydrogen-bond donors (Lipinski definition) is 0. The summed E-state index contributed by atoms with van der Waals surface area (Å²) in [7, 11) is 1.22. The molecule has 1 aromatic rings. The standard InChI is InChI=1S/C15H14F3NO3S/c1-3-9-4-5-10(8-12(9)23-15(16,17)18)13(20)19-7-6-11(19)14(21)22-2/h3-5,8,11H,1,6-7H2,2H3. The number of thioether (sulfide) groups is 1. The summed E-state index contributed by atoms with van der Waals surface area (Å²) in [5, 5.41) is 0. The van der Waals surface area contributed by atoms with Gasteiger partial charge in [-0.1, -0.05) is 18.7 Å². The maximum absolute atomic E-state index is 12.6. The van der Waals surface area contributed by atoms with Crippen molar-refractivity contribution in [3.8, 4) is 0 Å². The molecule has 1 aliphatic rings. The van der Waals surface area contributed by atoms with E-state index in [1.807, 2.05) is 0 Å². The van der Waals surface area contributed by atoms with Crippen molar-refractivity contribution in [1.82, 2.24) is 4.90 Å². The van der Waals surface area contributed by atoms with Crippen LogP contribution in [0.15, 0.2) is 29.7 Å². The Morgan fingerprint density at radius 1 is 1.43 bits per heavy atom. The van der Waals surface area contributed by atoms with E-state index in [9.17, 15) is 22.8 Å². The molecule has 0 spiro atoms. The Bertz CT molecular complexity index is 645. The van der Waals surface area contributed by atoms with E-state index in [1.165, 1.54) is 36.3 Å². The number of rotatable bonds is 4. The highest BCUT2D eigenvalue weighted by Crippen LogP contribution is 2.39. The largest absolute Gasteiger partial charge is 0.467 e. The fourth-order valence-corrected chi connectivity index (χ4v) is 2.93. The van der Waals surface area contributed by atoms with Crippen LogP contribution in [-0.2, 0) is 9.53 Å². The zero-order valence-electron chi connectivity index (χ0n) is 12.2. The number of benzene rings is 1. The number of hydrogen-bond acceptors (Lipinski definition) is 4. The fraction of sp³-hybridized carbons (Fsp3) is 0.333. The number of nitrogens with zero attached hydrogens (tertiary/aromatic N) is 1. The van der Waals surface area contributed by atoms with Crippen molar-refractivity contribution in [1.29, 1.82) is 0 Å². The topological polar surface area (TPSA) is 46.6 Å². The molecular formula is C15H14F3NO3S. The van der Waals surface area contributed by atoms with E-state index in [0.29, 0.717) is 13.0 Å². The van der Waals surface area contributed by atoms with Crippen LogP contribution in [0.5, 0.6) is 0 Å². The van der Waals surface area contributed by atoms with E-state index in [1.54, 1.807) is 0 Å². The summed E-state index contributed by atoms with van der Waals surface area (Å²) in [4.78, 5) is 25.1. The smallest absolute Gasteiger partial charge is 0.446 e. The highest BCUT2D eigenvalue weighted by atomic mass is 32.2. The highest BCUT2D eigenvalue weighted by molar-refractivity contribution is 8.00. The second kappa shape index (κ2) is 6.66. The highest BCUT2D eigenvalue weighted by Gasteiger charge is 2.39. The monoisotopic (exact) mass is 345 g/mol. The van der Waals surface area contributed by atoms with Gasteiger partial charge in [0.15, 0.2) is 0 Å². The lowest BCUT2D eigenvalue weighted by Gasteiger charge is -2.38. The van der Waals surface area contributed by atoms with Crippen LogP contribution in [0, 0.1) is 0 Å². The van der Waals surface area contributed by atoms with Crippen LogP contribution < -0.4 is 0 Å². The van der Waals surface area contributed by atoms with Gasteiger partial charge in [-0.2, -0.15) is 13.2 Å². The maximum atomic E-state index is 12.6. The van der Waals surface area contributed by atoms with Gasteiger partial charge in [-0.3, -0.25) is 4.79 Å². The number of methoxy groups -OCH3 is 1. The first-order chi connectivity index (χ1) is 10.8. The third-order valence-electron chi connectivity index (χ3n) is 3.46. The molecule has 4 nitrogen and oxygen atoms in total. The minimum atomic E-state index is -4.47. The first-order valence-corrected chi connectivity index (χ1v) is 7.49. The van der Waals surface area contributed by atoms with Gasteiger partial charge < -0.3 is 9.64 Å². The Hall–Kier alpha value is -1.96. The molecule has 23 heavy (non-hydrogen) atoms. The van der Waals surface area contributed by atoms with Crippen molar-refractivity contribution in [2.45, 2.75) is 22.9 Å². The molecule has 1 aliphatic heterocycles. The number of amides is 1. The quantitative estimate of drug-likeness (QED) is 0.620. The predicted octanol–water partition coefficient (Wildman–Crippen LogP) is 3.33. The van der Waals surface area contributed by atoms with Crippen molar-refractivity contribution >= 4 is 29.7 Å². The van der Waals surface area contributed by atoms with Crippen molar-refractivity contribution in [3.05, 3.63) is 35.9 Å². The molecule has 0 N–H and O–H groups in total. The number of alkyl halides is 3. The summed E-state index contributed by atoms with van der Waals surface area (Å²) in [5.41, 5.74) is -4.09. The van der Waals surface area contributed by atoms with Crippen molar-refractivity contribution in [3.63, 3.8) is 0 Å². The second-order valence-electron chi connectivity index (χ2n) is 4.83. The summed E-state index contributed by atoms with van der Waals surface area (Å²) in [6, 6.07) is 3.32. The van der Waals surface area contributed by atoms with E-state index in [2.05, 4.69) is 11.3 Å². The Morgan fingerprint density at radius 2 is 2.13 bits per heavy atom. The SMILES string of the molecule is C=Cc1ccc(C(=O)N2CCC2C(=O)OC)cc1SC(F)(F)F. The summed E-state index contributed by atoms with van der Waals surface area (Å²) in [6.07, 6.45) is 1.77. The Morgan fingerprint density at radius 3 is 2.61 bits per heavy atom. The molecule has 1 fully saturated rings. The Labute approximate surface area is 135 Å². The Balaban J connectivity index is 2.26. The van der Waals surface area contributed by atoms with E-state index >= 15 is 0 Å². The zero-order valence-corrected chi connectivity index (χ0v) is 13.0. The fourth-order valence-electron chi connectivity index (χ4n) is 2.23. The number of carbonyl (C=O) groups is 2. The van der Waals surface area contributed by atoms with Gasteiger partial charge in [0.1, 0.15) is 6.04 Å². The van der Waals surface area contributed by atoms with Gasteiger partial charge >= 0.3 is 11.5 Å². The second-order valence-corrected chi connectivity index (χ2v) is 5.94. The van der Waals surface area contributed by atoms with E-state index in [0.717, 1.165) is 0 Å². The molecule has 0 aromatic heterocycles. The first-order valence-electron chi connectivity index (χ1n) is 6.68. The predicted molar refractivity (Wildman–Crippen MR) is 79.9 cm³/mol. The molecule has 124 valence electrons. The average molecular weight is 345 g/mol. The number of likely N-dealkylation sites (tertiary alicyclic amines) is 1. The first kappa shape index (κ1) is 17.4. The van der Waals surface area contributed by atoms with E-state index < -0.39 is 23.4 Å². The number of carbonyl (C=O) groups excluding carboxylic acids is 2. The molecule has 0 aliphatic carbocycles. The van der Waals surface area contributed by atoms with E-state index in [4.69, 9.17) is 0 Å². The molecule has 0 bridgehead atoms. The van der Waals surface area contributed by atoms with Crippen LogP contribution in [0.25, 0.3) is 6.08 Å². The van der Waals surface area contributed by atoms with Crippen LogP contribution in [0.1, 0.15) is 22.3 Å². The molecule has 1 aromatic carbocycles. The van der Waals surface area contributed by atoms with Crippen molar-refractivity contribution < 1.29 is 27.5 Å². The van der Waals surface area contributed by atoms with Gasteiger partial charge in [-0.05, 0) is 35.9 Å². The van der Waals surface area contributed by atoms with Gasteiger partial charge in [-0.25, -0.2) is 4.79 Å². The van der Waals surface area contributed by atoms with Crippen LogP contribution in [-0.4, -0.2) is 42.0 Å². The lowest BCUT2D eigenvalue weighted by Crippen LogP contribution is -2.55. The van der Waals surface area contributed by atoms with Gasteiger partial charge in [0, 0.05) is 17.0 Å². The lowest BCUT2D eigenvalue weighted by molar-refractivity contribution is -0.149. The summed E-state index contributed by atoms with van der Waals surface area (Å²) < 4.78 is 42.4. The normalized spacial score (nSPS) is 17.4. The number of esters is 1. The van der Waals surface area contributed by atoms with Crippen LogP contribution in [0.3, 0.4) is 0 Å². The van der Waals surface area contributed by atoms with E-state index in [-0.39, 0.29) is 27.8 Å². The molecule has 0 radical (unpaired) electrons. The van der Waals surface area contributed by atoms with Crippen LogP contribution >= 0.6 is 11.8 Å². The minimum Gasteiger partial charge on any atom is -0.467 e. The summed E-state index contributed by atoms with van der Waals surface area (Å²) >= 11 is -0.301. The molecular weight excluding hydrogens is 331 g/mol. The molecule has 1 unspecified atom stereocenters. The lowest BCUT2D eigenvalue weighted by atomic mass is 10.0. The maximum Gasteiger partial charge on any atom is 0.446 e. The summed E-state index contributed by atoms with van der Waals surface area (Å²) in [5.74, 6) is -1.02. The Kier molecular flexibility index (Phi) is 5.03. The molecule has 1 saturated heterocycles. The molecule has 1 heterocycles. The van der Waals surface area contributed by atoms with Gasteiger partial charge in [0.2, 0.25) is 0 Å².